The number of benzene rings is 1. The highest BCUT2D eigenvalue weighted by Gasteiger charge is 2.30. The van der Waals surface area contributed by atoms with Crippen LogP contribution in [0.15, 0.2) is 29.2 Å². The molecule has 7 heteroatoms. The van der Waals surface area contributed by atoms with E-state index in [4.69, 9.17) is 0 Å². The fourth-order valence-corrected chi connectivity index (χ4v) is 4.69. The molecule has 0 bridgehead atoms. The number of nitrogens with one attached hydrogen (secondary N) is 1. The van der Waals surface area contributed by atoms with Gasteiger partial charge in [0.1, 0.15) is 0 Å². The third kappa shape index (κ3) is 5.09. The predicted octanol–water partition coefficient (Wildman–Crippen LogP) is 1.82. The second-order valence-corrected chi connectivity index (χ2v) is 10.6. The minimum atomic E-state index is -3.51. The van der Waals surface area contributed by atoms with Crippen LogP contribution in [0.3, 0.4) is 0 Å². The monoisotopic (exact) mass is 393 g/mol. The Kier molecular flexibility index (Phi) is 5.93. The molecule has 1 aromatic carbocycles. The van der Waals surface area contributed by atoms with E-state index < -0.39 is 10.0 Å². The van der Waals surface area contributed by atoms with Crippen LogP contribution in [0.5, 0.6) is 0 Å². The van der Waals surface area contributed by atoms with E-state index in [1.165, 1.54) is 17.1 Å². The number of carbonyl (C=O) groups excluding carboxylic acids is 1. The van der Waals surface area contributed by atoms with Gasteiger partial charge in [-0.25, -0.2) is 8.42 Å². The maximum Gasteiger partial charge on any atom is 0.243 e. The molecule has 0 spiro atoms. The van der Waals surface area contributed by atoms with Gasteiger partial charge in [0.25, 0.3) is 0 Å². The van der Waals surface area contributed by atoms with E-state index in [0.717, 1.165) is 18.0 Å². The van der Waals surface area contributed by atoms with Gasteiger partial charge in [0.15, 0.2) is 0 Å². The van der Waals surface area contributed by atoms with Crippen molar-refractivity contribution in [2.24, 2.45) is 5.92 Å². The summed E-state index contributed by atoms with van der Waals surface area (Å²) in [5.74, 6) is 0.798. The van der Waals surface area contributed by atoms with Gasteiger partial charge < -0.3 is 10.2 Å². The molecule has 1 saturated heterocycles. The van der Waals surface area contributed by atoms with E-state index in [9.17, 15) is 13.2 Å². The van der Waals surface area contributed by atoms with E-state index in [1.54, 1.807) is 17.0 Å². The van der Waals surface area contributed by atoms with Gasteiger partial charge in [-0.15, -0.1) is 0 Å². The third-order valence-corrected chi connectivity index (χ3v) is 7.27. The first-order valence-electron chi connectivity index (χ1n) is 9.77. The molecule has 0 aromatic heterocycles. The van der Waals surface area contributed by atoms with Crippen molar-refractivity contribution in [3.05, 3.63) is 29.8 Å². The molecule has 1 aliphatic heterocycles. The van der Waals surface area contributed by atoms with Crippen molar-refractivity contribution in [2.45, 2.75) is 43.9 Å². The van der Waals surface area contributed by atoms with Crippen molar-refractivity contribution < 1.29 is 13.2 Å². The summed E-state index contributed by atoms with van der Waals surface area (Å²) in [6, 6.07) is 7.15. The number of carbonyl (C=O) groups is 1. The summed E-state index contributed by atoms with van der Waals surface area (Å²) in [4.78, 5) is 14.3. The third-order valence-electron chi connectivity index (χ3n) is 5.36. The van der Waals surface area contributed by atoms with Crippen molar-refractivity contribution in [3.63, 3.8) is 0 Å². The summed E-state index contributed by atoms with van der Waals surface area (Å²) in [7, 11) is -3.51. The van der Waals surface area contributed by atoms with Crippen LogP contribution in [0.4, 0.5) is 0 Å². The largest absolute Gasteiger partial charge is 0.339 e. The van der Waals surface area contributed by atoms with Crippen LogP contribution in [0.25, 0.3) is 0 Å². The number of rotatable bonds is 6. The predicted molar refractivity (Wildman–Crippen MR) is 106 cm³/mol. The lowest BCUT2D eigenvalue weighted by molar-refractivity contribution is -0.131. The number of hydrogen-bond donors (Lipinski definition) is 1. The Labute approximate surface area is 163 Å². The highest BCUT2D eigenvalue weighted by molar-refractivity contribution is 7.89. The van der Waals surface area contributed by atoms with Gasteiger partial charge in [0, 0.05) is 26.2 Å². The summed E-state index contributed by atoms with van der Waals surface area (Å²) < 4.78 is 27.3. The summed E-state index contributed by atoms with van der Waals surface area (Å²) >= 11 is 0. The zero-order chi connectivity index (χ0) is 19.7. The van der Waals surface area contributed by atoms with Crippen molar-refractivity contribution in [1.29, 1.82) is 0 Å². The minimum absolute atomic E-state index is 0.0121. The molecular weight excluding hydrogens is 362 g/mol. The first kappa shape index (κ1) is 20.3. The second kappa shape index (κ2) is 7.89. The van der Waals surface area contributed by atoms with Crippen molar-refractivity contribution >= 4 is 15.9 Å². The van der Waals surface area contributed by atoms with Crippen molar-refractivity contribution in [2.75, 3.05) is 39.3 Å². The van der Waals surface area contributed by atoms with Crippen LogP contribution in [0.2, 0.25) is 0 Å². The molecule has 6 nitrogen and oxygen atoms in total. The molecular formula is C20H31N3O3S. The van der Waals surface area contributed by atoms with Gasteiger partial charge in [0.2, 0.25) is 15.9 Å². The SMILES string of the molecule is CC(C)(C)c1ccc(S(=O)(=O)N2CCN(C(=O)CNCC3CC3)CC2)cc1. The molecule has 3 rings (SSSR count). The van der Waals surface area contributed by atoms with Crippen LogP contribution in [0, 0.1) is 5.92 Å². The highest BCUT2D eigenvalue weighted by Crippen LogP contribution is 2.27. The van der Waals surface area contributed by atoms with Crippen molar-refractivity contribution in [3.8, 4) is 0 Å². The minimum Gasteiger partial charge on any atom is -0.339 e. The summed E-state index contributed by atoms with van der Waals surface area (Å²) in [6.45, 7) is 9.15. The molecule has 1 saturated carbocycles. The van der Waals surface area contributed by atoms with Crippen LogP contribution in [-0.4, -0.2) is 62.8 Å². The number of amides is 1. The molecule has 1 N–H and O–H groups in total. The average Bonchev–Trinajstić information content (AvgIpc) is 3.45. The van der Waals surface area contributed by atoms with E-state index in [-0.39, 0.29) is 11.3 Å². The van der Waals surface area contributed by atoms with Gasteiger partial charge in [-0.1, -0.05) is 32.9 Å². The van der Waals surface area contributed by atoms with E-state index in [0.29, 0.717) is 37.6 Å². The topological polar surface area (TPSA) is 69.7 Å². The lowest BCUT2D eigenvalue weighted by atomic mass is 9.87. The zero-order valence-corrected chi connectivity index (χ0v) is 17.4. The lowest BCUT2D eigenvalue weighted by Gasteiger charge is -2.34. The maximum atomic E-state index is 12.9. The normalized spacial score (nSPS) is 19.3. The Balaban J connectivity index is 1.55. The fourth-order valence-electron chi connectivity index (χ4n) is 3.27. The zero-order valence-electron chi connectivity index (χ0n) is 16.6. The summed E-state index contributed by atoms with van der Waals surface area (Å²) in [6.07, 6.45) is 2.52. The van der Waals surface area contributed by atoms with Gasteiger partial charge in [0.05, 0.1) is 11.4 Å². The molecule has 150 valence electrons. The molecule has 2 fully saturated rings. The summed E-state index contributed by atoms with van der Waals surface area (Å²) in [5.41, 5.74) is 1.09. The van der Waals surface area contributed by atoms with Crippen LogP contribution in [0.1, 0.15) is 39.2 Å². The first-order chi connectivity index (χ1) is 12.7. The standard InChI is InChI=1S/C20H31N3O3S/c1-20(2,3)17-6-8-18(9-7-17)27(25,26)23-12-10-22(11-13-23)19(24)15-21-14-16-4-5-16/h6-9,16,21H,4-5,10-15H2,1-3H3. The Bertz CT molecular complexity index is 757. The Hall–Kier alpha value is -1.44. The van der Waals surface area contributed by atoms with E-state index in [1.807, 2.05) is 12.1 Å². The Morgan fingerprint density at radius 2 is 1.67 bits per heavy atom. The average molecular weight is 394 g/mol. The van der Waals surface area contributed by atoms with Crippen molar-refractivity contribution in [1.82, 2.24) is 14.5 Å². The molecule has 1 aliphatic carbocycles. The van der Waals surface area contributed by atoms with Gasteiger partial charge in [-0.3, -0.25) is 4.79 Å². The van der Waals surface area contributed by atoms with Crippen LogP contribution >= 0.6 is 0 Å². The molecule has 0 unspecified atom stereocenters. The highest BCUT2D eigenvalue weighted by atomic mass is 32.2. The molecule has 0 radical (unpaired) electrons. The molecule has 1 heterocycles. The molecule has 1 amide bonds. The Morgan fingerprint density at radius 1 is 1.07 bits per heavy atom. The lowest BCUT2D eigenvalue weighted by Crippen LogP contribution is -2.52. The van der Waals surface area contributed by atoms with Crippen LogP contribution < -0.4 is 5.32 Å². The Morgan fingerprint density at radius 3 is 2.19 bits per heavy atom. The second-order valence-electron chi connectivity index (χ2n) is 8.63. The fraction of sp³-hybridized carbons (Fsp3) is 0.650. The summed E-state index contributed by atoms with van der Waals surface area (Å²) in [5, 5.41) is 3.21. The van der Waals surface area contributed by atoms with Gasteiger partial charge >= 0.3 is 0 Å². The number of piperazine rings is 1. The molecule has 2 aliphatic rings. The smallest absolute Gasteiger partial charge is 0.243 e. The van der Waals surface area contributed by atoms with E-state index >= 15 is 0 Å². The van der Waals surface area contributed by atoms with Gasteiger partial charge in [-0.05, 0) is 48.4 Å². The quantitative estimate of drug-likeness (QED) is 0.800. The van der Waals surface area contributed by atoms with Gasteiger partial charge in [-0.2, -0.15) is 4.31 Å². The maximum absolute atomic E-state index is 12.9. The number of hydrogen-bond acceptors (Lipinski definition) is 4. The molecule has 1 aromatic rings. The van der Waals surface area contributed by atoms with Crippen LogP contribution in [-0.2, 0) is 20.2 Å². The van der Waals surface area contributed by atoms with E-state index in [2.05, 4.69) is 26.1 Å². The molecule has 27 heavy (non-hydrogen) atoms. The number of nitrogens with zero attached hydrogens (tertiary/aromatic N) is 2. The number of sulfonamides is 1. The first-order valence-corrected chi connectivity index (χ1v) is 11.2. The molecule has 0 atom stereocenters.